The van der Waals surface area contributed by atoms with Crippen LogP contribution in [0.15, 0.2) is 23.2 Å². The first kappa shape index (κ1) is 14.0. The van der Waals surface area contributed by atoms with Crippen LogP contribution >= 0.6 is 11.8 Å². The van der Waals surface area contributed by atoms with Gasteiger partial charge in [0.15, 0.2) is 0 Å². The number of nitrogens with one attached hydrogen (secondary N) is 1. The number of hydrogen-bond donors (Lipinski definition) is 2. The first-order chi connectivity index (χ1) is 10.0. The van der Waals surface area contributed by atoms with Gasteiger partial charge in [0.25, 0.3) is 0 Å². The topological polar surface area (TPSA) is 80.5 Å². The van der Waals surface area contributed by atoms with Gasteiger partial charge in [-0.2, -0.15) is 0 Å². The van der Waals surface area contributed by atoms with Crippen LogP contribution in [0.2, 0.25) is 0 Å². The van der Waals surface area contributed by atoms with Gasteiger partial charge in [-0.15, -0.1) is 11.8 Å². The number of thioether (sulfide) groups is 1. The smallest absolute Gasteiger partial charge is 0.302 e. The van der Waals surface area contributed by atoms with E-state index in [1.54, 1.807) is 11.8 Å². The quantitative estimate of drug-likeness (QED) is 0.674. The molecule has 3 rings (SSSR count). The largest absolute Gasteiger partial charge is 0.464 e. The molecule has 5 nitrogen and oxygen atoms in total. The minimum absolute atomic E-state index is 0.0272. The number of benzene rings is 1. The number of carbonyl (C=O) groups excluding carboxylic acids is 1. The van der Waals surface area contributed by atoms with Gasteiger partial charge in [-0.3, -0.25) is 9.79 Å². The van der Waals surface area contributed by atoms with Gasteiger partial charge in [-0.05, 0) is 30.7 Å². The number of aliphatic imine (C=N–C) groups is 1. The third-order valence-electron chi connectivity index (χ3n) is 3.32. The summed E-state index contributed by atoms with van der Waals surface area (Å²) in [7, 11) is 0. The lowest BCUT2D eigenvalue weighted by molar-refractivity contribution is -0.141. The van der Waals surface area contributed by atoms with Crippen LogP contribution in [0.4, 0.5) is 5.69 Å². The van der Waals surface area contributed by atoms with Gasteiger partial charge >= 0.3 is 5.97 Å². The third-order valence-corrected chi connectivity index (χ3v) is 4.48. The summed E-state index contributed by atoms with van der Waals surface area (Å²) in [6.45, 7) is 3.78. The van der Waals surface area contributed by atoms with E-state index < -0.39 is 0 Å². The molecule has 0 aliphatic carbocycles. The summed E-state index contributed by atoms with van der Waals surface area (Å²) in [5.41, 5.74) is 9.84. The Labute approximate surface area is 127 Å². The van der Waals surface area contributed by atoms with E-state index in [0.29, 0.717) is 6.61 Å². The number of H-pyrrole nitrogens is 1. The molecular weight excluding hydrogens is 286 g/mol. The highest BCUT2D eigenvalue weighted by molar-refractivity contribution is 8.14. The lowest BCUT2D eigenvalue weighted by Gasteiger charge is -2.04. The second kappa shape index (κ2) is 5.44. The van der Waals surface area contributed by atoms with Crippen molar-refractivity contribution in [2.75, 3.05) is 18.1 Å². The molecule has 3 N–H and O–H groups in total. The Bertz CT molecular complexity index is 736. The van der Waals surface area contributed by atoms with Crippen LogP contribution in [0.5, 0.6) is 0 Å². The van der Waals surface area contributed by atoms with Crippen molar-refractivity contribution in [2.45, 2.75) is 19.9 Å². The molecule has 0 unspecified atom stereocenters. The number of hydrogen-bond acceptors (Lipinski definition) is 5. The molecule has 1 aromatic carbocycles. The molecule has 1 atom stereocenters. The van der Waals surface area contributed by atoms with E-state index >= 15 is 0 Å². The average Bonchev–Trinajstić information content (AvgIpc) is 3.01. The number of carbonyl (C=O) groups is 1. The number of nitrogens with two attached hydrogens (primary N) is 1. The lowest BCUT2D eigenvalue weighted by Crippen LogP contribution is -2.15. The van der Waals surface area contributed by atoms with Gasteiger partial charge < -0.3 is 15.5 Å². The Hall–Kier alpha value is -1.95. The van der Waals surface area contributed by atoms with Crippen molar-refractivity contribution in [1.29, 1.82) is 0 Å². The lowest BCUT2D eigenvalue weighted by atomic mass is 10.1. The van der Waals surface area contributed by atoms with E-state index in [-0.39, 0.29) is 12.0 Å². The Morgan fingerprint density at radius 3 is 3.10 bits per heavy atom. The number of nitrogen functional groups attached to an aromatic ring is 1. The van der Waals surface area contributed by atoms with Gasteiger partial charge in [0.1, 0.15) is 11.7 Å². The van der Waals surface area contributed by atoms with Crippen LogP contribution in [0.3, 0.4) is 0 Å². The molecule has 2 aromatic rings. The van der Waals surface area contributed by atoms with Gasteiger partial charge in [0.2, 0.25) is 0 Å². The molecule has 0 saturated heterocycles. The first-order valence-electron chi connectivity index (χ1n) is 6.76. The fourth-order valence-corrected chi connectivity index (χ4v) is 3.41. The highest BCUT2D eigenvalue weighted by atomic mass is 32.2. The molecule has 6 heteroatoms. The SMILES string of the molecule is CC(=O)OC[C@@H]1CSC(c2cc3cc(C)cc(N)c3[nH]2)=N1. The van der Waals surface area contributed by atoms with Crippen LogP contribution < -0.4 is 5.73 Å². The van der Waals surface area contributed by atoms with E-state index in [4.69, 9.17) is 10.5 Å². The summed E-state index contributed by atoms with van der Waals surface area (Å²) in [4.78, 5) is 18.8. The number of anilines is 1. The molecule has 21 heavy (non-hydrogen) atoms. The number of aromatic nitrogens is 1. The van der Waals surface area contributed by atoms with E-state index in [9.17, 15) is 4.79 Å². The summed E-state index contributed by atoms with van der Waals surface area (Å²) >= 11 is 1.67. The molecule has 0 radical (unpaired) electrons. The number of ether oxygens (including phenoxy) is 1. The summed E-state index contributed by atoms with van der Waals surface area (Å²) in [5.74, 6) is 0.560. The Kier molecular flexibility index (Phi) is 3.63. The van der Waals surface area contributed by atoms with Crippen molar-refractivity contribution in [2.24, 2.45) is 4.99 Å². The van der Waals surface area contributed by atoms with Gasteiger partial charge in [0, 0.05) is 18.1 Å². The highest BCUT2D eigenvalue weighted by Crippen LogP contribution is 2.28. The normalized spacial score (nSPS) is 18.0. The van der Waals surface area contributed by atoms with Crippen LogP contribution in [0.25, 0.3) is 10.9 Å². The molecule has 0 amide bonds. The molecule has 0 spiro atoms. The number of rotatable bonds is 3. The number of esters is 1. The van der Waals surface area contributed by atoms with Crippen molar-refractivity contribution in [3.63, 3.8) is 0 Å². The molecule has 110 valence electrons. The summed E-state index contributed by atoms with van der Waals surface area (Å²) in [6, 6.07) is 6.15. The van der Waals surface area contributed by atoms with E-state index in [1.165, 1.54) is 6.92 Å². The van der Waals surface area contributed by atoms with Crippen molar-refractivity contribution in [1.82, 2.24) is 4.98 Å². The van der Waals surface area contributed by atoms with Gasteiger partial charge in [-0.25, -0.2) is 0 Å². The van der Waals surface area contributed by atoms with Crippen LogP contribution in [0.1, 0.15) is 18.2 Å². The number of aryl methyl sites for hydroxylation is 1. The Morgan fingerprint density at radius 2 is 2.33 bits per heavy atom. The maximum Gasteiger partial charge on any atom is 0.302 e. The minimum atomic E-state index is -0.266. The Morgan fingerprint density at radius 1 is 1.52 bits per heavy atom. The highest BCUT2D eigenvalue weighted by Gasteiger charge is 2.21. The second-order valence-corrected chi connectivity index (χ2v) is 6.21. The molecule has 0 saturated carbocycles. The standard InChI is InChI=1S/C15H17N3O2S/c1-8-3-10-5-13(18-14(10)12(16)4-8)15-17-11(7-21-15)6-20-9(2)19/h3-5,11,18H,6-7,16H2,1-2H3/t11-/m1/s1. The van der Waals surface area contributed by atoms with Crippen LogP contribution in [0, 0.1) is 6.92 Å². The molecule has 1 aromatic heterocycles. The zero-order chi connectivity index (χ0) is 15.0. The molecular formula is C15H17N3O2S. The number of fused-ring (bicyclic) bond motifs is 1. The Balaban J connectivity index is 1.86. The molecule has 0 bridgehead atoms. The predicted octanol–water partition coefficient (Wildman–Crippen LogP) is 2.48. The fourth-order valence-electron chi connectivity index (χ4n) is 2.40. The first-order valence-corrected chi connectivity index (χ1v) is 7.74. The average molecular weight is 303 g/mol. The van der Waals surface area contributed by atoms with Gasteiger partial charge in [0.05, 0.1) is 22.9 Å². The van der Waals surface area contributed by atoms with Crippen LogP contribution in [-0.4, -0.2) is 34.4 Å². The predicted molar refractivity (Wildman–Crippen MR) is 86.9 cm³/mol. The summed E-state index contributed by atoms with van der Waals surface area (Å²) in [5, 5.41) is 2.04. The van der Waals surface area contributed by atoms with Crippen molar-refractivity contribution in [3.8, 4) is 0 Å². The van der Waals surface area contributed by atoms with E-state index in [2.05, 4.69) is 22.1 Å². The molecule has 2 heterocycles. The zero-order valence-corrected chi connectivity index (χ0v) is 12.8. The number of nitrogens with zero attached hydrogens (tertiary/aromatic N) is 1. The maximum absolute atomic E-state index is 10.8. The van der Waals surface area contributed by atoms with E-state index in [1.807, 2.05) is 13.0 Å². The van der Waals surface area contributed by atoms with Crippen molar-refractivity contribution < 1.29 is 9.53 Å². The van der Waals surface area contributed by atoms with Crippen molar-refractivity contribution >= 4 is 39.4 Å². The van der Waals surface area contributed by atoms with Gasteiger partial charge in [-0.1, -0.05) is 0 Å². The zero-order valence-electron chi connectivity index (χ0n) is 12.0. The van der Waals surface area contributed by atoms with Crippen molar-refractivity contribution in [3.05, 3.63) is 29.5 Å². The molecule has 1 aliphatic rings. The van der Waals surface area contributed by atoms with Crippen LogP contribution in [-0.2, 0) is 9.53 Å². The fraction of sp³-hybridized carbons (Fsp3) is 0.333. The summed E-state index contributed by atoms with van der Waals surface area (Å²) < 4.78 is 5.01. The summed E-state index contributed by atoms with van der Waals surface area (Å²) in [6.07, 6.45) is 0. The molecule has 1 aliphatic heterocycles. The monoisotopic (exact) mass is 303 g/mol. The third kappa shape index (κ3) is 2.90. The number of aromatic amines is 1. The van der Waals surface area contributed by atoms with E-state index in [0.717, 1.165) is 38.6 Å². The maximum atomic E-state index is 10.8. The molecule has 0 fully saturated rings. The minimum Gasteiger partial charge on any atom is -0.464 e. The second-order valence-electron chi connectivity index (χ2n) is 5.20.